The largest absolute Gasteiger partial charge is 0.396 e. The Bertz CT molecular complexity index is 88.5. The monoisotopic (exact) mass is 130 g/mol. The second-order valence-corrected chi connectivity index (χ2v) is 1.31. The summed E-state index contributed by atoms with van der Waals surface area (Å²) < 4.78 is 4.08. The average Bonchev–Trinajstić information content (AvgIpc) is 2.43. The lowest BCUT2D eigenvalue weighted by Crippen LogP contribution is -1.69. The summed E-state index contributed by atoms with van der Waals surface area (Å²) in [4.78, 5) is 0. The van der Waals surface area contributed by atoms with E-state index in [-0.39, 0.29) is 0 Å². The Hall–Kier alpha value is -0.900. The molecule has 1 aromatic heterocycles. The van der Waals surface area contributed by atoms with Gasteiger partial charge in [-0.25, -0.2) is 4.63 Å². The molecule has 4 nitrogen and oxygen atoms in total. The van der Waals surface area contributed by atoms with Crippen LogP contribution in [0.25, 0.3) is 0 Å². The Morgan fingerprint density at radius 2 is 1.89 bits per heavy atom. The average molecular weight is 130 g/mol. The Morgan fingerprint density at radius 3 is 2.00 bits per heavy atom. The van der Waals surface area contributed by atoms with Gasteiger partial charge < -0.3 is 5.11 Å². The minimum Gasteiger partial charge on any atom is -0.396 e. The molecular weight excluding hydrogens is 120 g/mol. The van der Waals surface area contributed by atoms with E-state index >= 15 is 0 Å². The van der Waals surface area contributed by atoms with Crippen molar-refractivity contribution in [3.8, 4) is 0 Å². The van der Waals surface area contributed by atoms with Crippen LogP contribution < -0.4 is 0 Å². The van der Waals surface area contributed by atoms with Gasteiger partial charge >= 0.3 is 0 Å². The molecule has 0 unspecified atom stereocenters. The van der Waals surface area contributed by atoms with E-state index in [0.717, 1.165) is 6.42 Å². The van der Waals surface area contributed by atoms with E-state index in [1.165, 1.54) is 12.4 Å². The minimum absolute atomic E-state index is 0.319. The van der Waals surface area contributed by atoms with Crippen LogP contribution in [-0.4, -0.2) is 22.0 Å². The van der Waals surface area contributed by atoms with E-state index in [1.54, 1.807) is 0 Å². The highest BCUT2D eigenvalue weighted by atomic mass is 16.6. The van der Waals surface area contributed by atoms with Gasteiger partial charge in [0, 0.05) is 6.61 Å². The SMILES string of the molecule is CCCO.c1cnon1. The lowest BCUT2D eigenvalue weighted by Gasteiger charge is -1.69. The highest BCUT2D eigenvalue weighted by Gasteiger charge is 1.61. The van der Waals surface area contributed by atoms with Gasteiger partial charge in [-0.1, -0.05) is 17.2 Å². The molecule has 0 aromatic carbocycles. The maximum absolute atomic E-state index is 7.88. The molecule has 1 N–H and O–H groups in total. The summed E-state index contributed by atoms with van der Waals surface area (Å²) in [6.45, 7) is 2.25. The molecule has 1 heterocycles. The Kier molecular flexibility index (Phi) is 6.39. The number of rotatable bonds is 1. The van der Waals surface area contributed by atoms with Gasteiger partial charge in [0.15, 0.2) is 0 Å². The van der Waals surface area contributed by atoms with Crippen molar-refractivity contribution in [2.24, 2.45) is 0 Å². The first-order chi connectivity index (χ1) is 4.41. The second kappa shape index (κ2) is 7.10. The van der Waals surface area contributed by atoms with Gasteiger partial charge in [0.2, 0.25) is 0 Å². The van der Waals surface area contributed by atoms with Gasteiger partial charge in [0.1, 0.15) is 0 Å². The number of nitrogens with zero attached hydrogens (tertiary/aromatic N) is 2. The fourth-order valence-corrected chi connectivity index (χ4v) is 0.136. The number of aromatic nitrogens is 2. The van der Waals surface area contributed by atoms with Crippen molar-refractivity contribution in [2.75, 3.05) is 6.61 Å². The van der Waals surface area contributed by atoms with E-state index in [1.807, 2.05) is 6.92 Å². The highest BCUT2D eigenvalue weighted by molar-refractivity contribution is 4.51. The van der Waals surface area contributed by atoms with Crippen molar-refractivity contribution < 1.29 is 9.74 Å². The molecule has 52 valence electrons. The third-order valence-electron chi connectivity index (χ3n) is 0.506. The second-order valence-electron chi connectivity index (χ2n) is 1.31. The normalized spacial score (nSPS) is 7.78. The zero-order valence-corrected chi connectivity index (χ0v) is 5.32. The maximum atomic E-state index is 7.88. The van der Waals surface area contributed by atoms with Crippen LogP contribution in [0.4, 0.5) is 0 Å². The van der Waals surface area contributed by atoms with E-state index in [9.17, 15) is 0 Å². The van der Waals surface area contributed by atoms with Gasteiger partial charge in [0.25, 0.3) is 0 Å². The lowest BCUT2D eigenvalue weighted by molar-refractivity contribution is 0.295. The van der Waals surface area contributed by atoms with Crippen molar-refractivity contribution in [3.63, 3.8) is 0 Å². The zero-order chi connectivity index (χ0) is 6.95. The molecule has 0 saturated heterocycles. The number of aliphatic hydroxyl groups is 1. The Balaban J connectivity index is 0.000000148. The van der Waals surface area contributed by atoms with Crippen LogP contribution >= 0.6 is 0 Å². The predicted octanol–water partition coefficient (Wildman–Crippen LogP) is 0.458. The molecular formula is C5H10N2O2. The first-order valence-corrected chi connectivity index (χ1v) is 2.74. The van der Waals surface area contributed by atoms with E-state index in [2.05, 4.69) is 14.9 Å². The summed E-state index contributed by atoms with van der Waals surface area (Å²) >= 11 is 0. The number of hydrogen-bond acceptors (Lipinski definition) is 4. The van der Waals surface area contributed by atoms with Crippen molar-refractivity contribution in [2.45, 2.75) is 13.3 Å². The van der Waals surface area contributed by atoms with Gasteiger partial charge in [0.05, 0.1) is 12.4 Å². The standard InChI is InChI=1S/C3H8O.C2H2N2O/c1-2-3-4;1-2-4-5-3-1/h4H,2-3H2,1H3;1-2H. The molecule has 0 atom stereocenters. The molecule has 9 heavy (non-hydrogen) atoms. The smallest absolute Gasteiger partial charge is 0.0913 e. The summed E-state index contributed by atoms with van der Waals surface area (Å²) in [6, 6.07) is 0. The quantitative estimate of drug-likeness (QED) is 0.599. The molecule has 1 aromatic rings. The fraction of sp³-hybridized carbons (Fsp3) is 0.600. The van der Waals surface area contributed by atoms with E-state index < -0.39 is 0 Å². The van der Waals surface area contributed by atoms with Crippen LogP contribution in [0.2, 0.25) is 0 Å². The van der Waals surface area contributed by atoms with Crippen molar-refractivity contribution in [3.05, 3.63) is 12.4 Å². The van der Waals surface area contributed by atoms with Crippen LogP contribution in [0.15, 0.2) is 17.0 Å². The number of hydrogen-bond donors (Lipinski definition) is 1. The highest BCUT2D eigenvalue weighted by Crippen LogP contribution is 1.62. The molecule has 0 spiro atoms. The summed E-state index contributed by atoms with van der Waals surface area (Å²) in [7, 11) is 0. The zero-order valence-electron chi connectivity index (χ0n) is 5.32. The third kappa shape index (κ3) is 7.10. The predicted molar refractivity (Wildman–Crippen MR) is 31.7 cm³/mol. The Morgan fingerprint density at radius 1 is 1.44 bits per heavy atom. The maximum Gasteiger partial charge on any atom is 0.0913 e. The third-order valence-corrected chi connectivity index (χ3v) is 0.506. The van der Waals surface area contributed by atoms with Crippen molar-refractivity contribution >= 4 is 0 Å². The molecule has 0 aliphatic carbocycles. The van der Waals surface area contributed by atoms with Gasteiger partial charge in [-0.2, -0.15) is 0 Å². The van der Waals surface area contributed by atoms with Gasteiger partial charge in [-0.3, -0.25) is 0 Å². The molecule has 0 bridgehead atoms. The first kappa shape index (κ1) is 8.10. The molecule has 0 fully saturated rings. The topological polar surface area (TPSA) is 59.2 Å². The molecule has 0 saturated carbocycles. The van der Waals surface area contributed by atoms with Crippen LogP contribution in [0.5, 0.6) is 0 Å². The van der Waals surface area contributed by atoms with Crippen LogP contribution in [0.1, 0.15) is 13.3 Å². The van der Waals surface area contributed by atoms with Gasteiger partial charge in [-0.05, 0) is 6.42 Å². The molecule has 0 aliphatic heterocycles. The van der Waals surface area contributed by atoms with E-state index in [0.29, 0.717) is 6.61 Å². The molecule has 0 amide bonds. The minimum atomic E-state index is 0.319. The number of aliphatic hydroxyl groups excluding tert-OH is 1. The first-order valence-electron chi connectivity index (χ1n) is 2.74. The molecule has 0 radical (unpaired) electrons. The lowest BCUT2D eigenvalue weighted by atomic mass is 10.5. The Labute approximate surface area is 53.5 Å². The van der Waals surface area contributed by atoms with Crippen LogP contribution in [-0.2, 0) is 0 Å². The van der Waals surface area contributed by atoms with Crippen molar-refractivity contribution in [1.82, 2.24) is 10.3 Å². The van der Waals surface area contributed by atoms with E-state index in [4.69, 9.17) is 5.11 Å². The molecule has 4 heteroatoms. The summed E-state index contributed by atoms with van der Waals surface area (Å²) in [5.41, 5.74) is 0. The summed E-state index contributed by atoms with van der Waals surface area (Å²) in [5, 5.41) is 14.3. The van der Waals surface area contributed by atoms with Crippen LogP contribution in [0, 0.1) is 0 Å². The molecule has 0 aliphatic rings. The van der Waals surface area contributed by atoms with Gasteiger partial charge in [-0.15, -0.1) is 0 Å². The van der Waals surface area contributed by atoms with Crippen molar-refractivity contribution in [1.29, 1.82) is 0 Å². The molecule has 1 rings (SSSR count). The summed E-state index contributed by atoms with van der Waals surface area (Å²) in [6.07, 6.45) is 3.82. The fourth-order valence-electron chi connectivity index (χ4n) is 0.136. The summed E-state index contributed by atoms with van der Waals surface area (Å²) in [5.74, 6) is 0. The van der Waals surface area contributed by atoms with Crippen LogP contribution in [0.3, 0.4) is 0 Å².